The Morgan fingerprint density at radius 1 is 1.10 bits per heavy atom. The van der Waals surface area contributed by atoms with Crippen molar-refractivity contribution in [1.82, 2.24) is 9.38 Å². The van der Waals surface area contributed by atoms with Crippen molar-refractivity contribution in [2.75, 3.05) is 5.32 Å². The van der Waals surface area contributed by atoms with Crippen LogP contribution in [0, 0.1) is 0 Å². The summed E-state index contributed by atoms with van der Waals surface area (Å²) < 4.78 is 78.8. The number of anilines is 1. The van der Waals surface area contributed by atoms with Gasteiger partial charge in [-0.3, -0.25) is 9.20 Å². The minimum atomic E-state index is -4.72. The topological polar surface area (TPSA) is 46.4 Å². The highest BCUT2D eigenvalue weighted by molar-refractivity contribution is 6.33. The molecular formula is C18H12ClF6N3O. The van der Waals surface area contributed by atoms with Crippen LogP contribution in [-0.4, -0.2) is 15.3 Å². The highest BCUT2D eigenvalue weighted by atomic mass is 35.5. The van der Waals surface area contributed by atoms with E-state index in [0.717, 1.165) is 22.6 Å². The highest BCUT2D eigenvalue weighted by Gasteiger charge is 2.33. The quantitative estimate of drug-likeness (QED) is 0.525. The van der Waals surface area contributed by atoms with E-state index in [1.54, 1.807) is 6.92 Å². The molecule has 1 amide bonds. The van der Waals surface area contributed by atoms with Crippen molar-refractivity contribution in [2.24, 2.45) is 0 Å². The molecule has 3 rings (SSSR count). The van der Waals surface area contributed by atoms with Gasteiger partial charge < -0.3 is 5.32 Å². The summed E-state index contributed by atoms with van der Waals surface area (Å²) >= 11 is 5.91. The number of aryl methyl sites for hydroxylation is 1. The minimum absolute atomic E-state index is 0.0642. The van der Waals surface area contributed by atoms with E-state index in [2.05, 4.69) is 10.3 Å². The molecule has 1 N–H and O–H groups in total. The lowest BCUT2D eigenvalue weighted by molar-refractivity contribution is -0.138. The van der Waals surface area contributed by atoms with Crippen LogP contribution in [0.25, 0.3) is 5.65 Å². The number of nitrogens with zero attached hydrogens (tertiary/aromatic N) is 2. The number of nitrogens with one attached hydrogen (secondary N) is 1. The van der Waals surface area contributed by atoms with Gasteiger partial charge in [0.25, 0.3) is 5.91 Å². The van der Waals surface area contributed by atoms with Crippen LogP contribution >= 0.6 is 11.6 Å². The summed E-state index contributed by atoms with van der Waals surface area (Å²) in [4.78, 5) is 16.8. The Morgan fingerprint density at radius 3 is 2.34 bits per heavy atom. The normalized spacial score (nSPS) is 12.4. The number of alkyl halides is 6. The Morgan fingerprint density at radius 2 is 1.76 bits per heavy atom. The first kappa shape index (κ1) is 21.0. The number of carbonyl (C=O) groups excluding carboxylic acids is 1. The second-order valence-corrected chi connectivity index (χ2v) is 6.47. The summed E-state index contributed by atoms with van der Waals surface area (Å²) in [5.41, 5.74) is -2.40. The fourth-order valence-electron chi connectivity index (χ4n) is 2.76. The average Bonchev–Trinajstić information content (AvgIpc) is 3.00. The molecule has 0 saturated heterocycles. The van der Waals surface area contributed by atoms with Crippen molar-refractivity contribution in [3.8, 4) is 0 Å². The predicted molar refractivity (Wildman–Crippen MR) is 94.0 cm³/mol. The standard InChI is InChI=1S/C18H12ClF6N3O/c1-2-13-14(16(29)26-11-5-3-4-9(6-11)17(20,21)22)28-8-10(18(23,24)25)7-12(19)15(28)27-13/h3-8H,2H2,1H3,(H,26,29). The number of rotatable bonds is 3. The zero-order valence-corrected chi connectivity index (χ0v) is 15.4. The number of pyridine rings is 1. The molecule has 0 aliphatic rings. The van der Waals surface area contributed by atoms with Crippen LogP contribution < -0.4 is 5.32 Å². The van der Waals surface area contributed by atoms with Gasteiger partial charge in [0.2, 0.25) is 0 Å². The first-order valence-electron chi connectivity index (χ1n) is 8.18. The average molecular weight is 436 g/mol. The van der Waals surface area contributed by atoms with Crippen molar-refractivity contribution < 1.29 is 31.1 Å². The lowest BCUT2D eigenvalue weighted by atomic mass is 10.2. The summed E-state index contributed by atoms with van der Waals surface area (Å²) in [5.74, 6) is -0.913. The molecular weight excluding hydrogens is 424 g/mol. The van der Waals surface area contributed by atoms with E-state index in [1.165, 1.54) is 6.07 Å². The number of halogens is 7. The molecule has 0 atom stereocenters. The number of hydrogen-bond donors (Lipinski definition) is 1. The SMILES string of the molecule is CCc1nc2c(Cl)cc(C(F)(F)F)cn2c1C(=O)Nc1cccc(C(F)(F)F)c1. The van der Waals surface area contributed by atoms with Crippen LogP contribution in [0.1, 0.15) is 34.2 Å². The molecule has 0 saturated carbocycles. The number of imidazole rings is 1. The van der Waals surface area contributed by atoms with Gasteiger partial charge in [-0.2, -0.15) is 26.3 Å². The van der Waals surface area contributed by atoms with Gasteiger partial charge in [0.1, 0.15) is 5.69 Å². The van der Waals surface area contributed by atoms with Gasteiger partial charge in [0.15, 0.2) is 5.65 Å². The fourth-order valence-corrected chi connectivity index (χ4v) is 3.01. The molecule has 0 radical (unpaired) electrons. The van der Waals surface area contributed by atoms with E-state index >= 15 is 0 Å². The van der Waals surface area contributed by atoms with Crippen LogP contribution in [0.2, 0.25) is 5.02 Å². The summed E-state index contributed by atoms with van der Waals surface area (Å²) in [7, 11) is 0. The molecule has 2 aromatic heterocycles. The van der Waals surface area contributed by atoms with Gasteiger partial charge in [-0.05, 0) is 30.7 Å². The lowest BCUT2D eigenvalue weighted by Crippen LogP contribution is -2.17. The minimum Gasteiger partial charge on any atom is -0.321 e. The van der Waals surface area contributed by atoms with E-state index < -0.39 is 29.4 Å². The summed E-state index contributed by atoms with van der Waals surface area (Å²) in [6, 6.07) is 4.58. The van der Waals surface area contributed by atoms with Crippen LogP contribution in [0.15, 0.2) is 36.5 Å². The number of carbonyl (C=O) groups is 1. The van der Waals surface area contributed by atoms with Crippen LogP contribution in [0.3, 0.4) is 0 Å². The molecule has 1 aromatic carbocycles. The summed E-state index contributed by atoms with van der Waals surface area (Å²) in [6.45, 7) is 1.63. The number of aromatic nitrogens is 2. The van der Waals surface area contributed by atoms with E-state index in [-0.39, 0.29) is 34.2 Å². The molecule has 0 unspecified atom stereocenters. The Bertz CT molecular complexity index is 1090. The summed E-state index contributed by atoms with van der Waals surface area (Å²) in [6.07, 6.45) is -8.48. The van der Waals surface area contributed by atoms with E-state index in [4.69, 9.17) is 11.6 Å². The van der Waals surface area contributed by atoms with Crippen molar-refractivity contribution >= 4 is 28.8 Å². The maximum Gasteiger partial charge on any atom is 0.417 e. The van der Waals surface area contributed by atoms with Crippen LogP contribution in [0.4, 0.5) is 32.0 Å². The fraction of sp³-hybridized carbons (Fsp3) is 0.222. The third-order valence-corrected chi connectivity index (χ3v) is 4.35. The van der Waals surface area contributed by atoms with Crippen LogP contribution in [0.5, 0.6) is 0 Å². The zero-order valence-electron chi connectivity index (χ0n) is 14.6. The Balaban J connectivity index is 2.09. The van der Waals surface area contributed by atoms with E-state index in [1.807, 2.05) is 0 Å². The Labute approximate surface area is 165 Å². The zero-order chi connectivity index (χ0) is 21.6. The highest BCUT2D eigenvalue weighted by Crippen LogP contribution is 2.34. The molecule has 3 aromatic rings. The first-order valence-corrected chi connectivity index (χ1v) is 8.56. The van der Waals surface area contributed by atoms with Crippen molar-refractivity contribution in [2.45, 2.75) is 25.7 Å². The molecule has 11 heteroatoms. The smallest absolute Gasteiger partial charge is 0.321 e. The molecule has 0 spiro atoms. The molecule has 0 aliphatic carbocycles. The third-order valence-electron chi connectivity index (χ3n) is 4.07. The number of hydrogen-bond acceptors (Lipinski definition) is 2. The number of fused-ring (bicyclic) bond motifs is 1. The van der Waals surface area contributed by atoms with Gasteiger partial charge in [-0.25, -0.2) is 4.98 Å². The van der Waals surface area contributed by atoms with Gasteiger partial charge in [0.05, 0.1) is 21.8 Å². The third kappa shape index (κ3) is 4.16. The molecule has 0 bridgehead atoms. The molecule has 4 nitrogen and oxygen atoms in total. The van der Waals surface area contributed by atoms with Crippen molar-refractivity contribution in [3.05, 3.63) is 64.1 Å². The largest absolute Gasteiger partial charge is 0.417 e. The number of benzene rings is 1. The molecule has 29 heavy (non-hydrogen) atoms. The van der Waals surface area contributed by atoms with Gasteiger partial charge in [0, 0.05) is 11.9 Å². The lowest BCUT2D eigenvalue weighted by Gasteiger charge is -2.12. The van der Waals surface area contributed by atoms with Crippen LogP contribution in [-0.2, 0) is 18.8 Å². The van der Waals surface area contributed by atoms with E-state index in [0.29, 0.717) is 12.3 Å². The molecule has 0 fully saturated rings. The maximum atomic E-state index is 13.1. The predicted octanol–water partition coefficient (Wildman–Crippen LogP) is 5.84. The Hall–Kier alpha value is -2.75. The molecule has 2 heterocycles. The van der Waals surface area contributed by atoms with Gasteiger partial charge in [-0.15, -0.1) is 0 Å². The van der Waals surface area contributed by atoms with Crippen molar-refractivity contribution in [1.29, 1.82) is 0 Å². The molecule has 0 aliphatic heterocycles. The number of amides is 1. The van der Waals surface area contributed by atoms with Crippen molar-refractivity contribution in [3.63, 3.8) is 0 Å². The van der Waals surface area contributed by atoms with E-state index in [9.17, 15) is 31.1 Å². The Kier molecular flexibility index (Phi) is 5.24. The summed E-state index contributed by atoms with van der Waals surface area (Å²) in [5, 5.41) is 1.96. The first-order chi connectivity index (χ1) is 13.4. The maximum absolute atomic E-state index is 13.1. The van der Waals surface area contributed by atoms with Gasteiger partial charge >= 0.3 is 12.4 Å². The monoisotopic (exact) mass is 435 g/mol. The second-order valence-electron chi connectivity index (χ2n) is 6.06. The second kappa shape index (κ2) is 7.25. The van der Waals surface area contributed by atoms with Gasteiger partial charge in [-0.1, -0.05) is 24.6 Å². The molecule has 154 valence electrons.